The van der Waals surface area contributed by atoms with Crippen LogP contribution in [-0.4, -0.2) is 11.8 Å². The zero-order valence-corrected chi connectivity index (χ0v) is 5.63. The van der Waals surface area contributed by atoms with Crippen LogP contribution in [0.5, 0.6) is 0 Å². The highest BCUT2D eigenvalue weighted by Crippen LogP contribution is 2.06. The third kappa shape index (κ3) is 7.23. The molecule has 0 amide bonds. The van der Waals surface area contributed by atoms with Crippen LogP contribution in [0.3, 0.4) is 0 Å². The van der Waals surface area contributed by atoms with Crippen molar-refractivity contribution in [1.82, 2.24) is 0 Å². The van der Waals surface area contributed by atoms with Crippen LogP contribution in [0.4, 0.5) is 4.79 Å². The Balaban J connectivity index is 3.39. The molecule has 4 nitrogen and oxygen atoms in total. The van der Waals surface area contributed by atoms with Gasteiger partial charge < -0.3 is 0 Å². The van der Waals surface area contributed by atoms with Crippen molar-refractivity contribution in [3.05, 3.63) is 0 Å². The highest BCUT2D eigenvalue weighted by molar-refractivity contribution is 5.55. The molecule has 1 radical (unpaired) electrons. The highest BCUT2D eigenvalue weighted by atomic mass is 17.2. The first kappa shape index (κ1) is 8.23. The SMILES string of the molecule is CC(C)(C)OOC([O])=O. The summed E-state index contributed by atoms with van der Waals surface area (Å²) in [5, 5.41) is 9.59. The lowest BCUT2D eigenvalue weighted by Gasteiger charge is -2.13. The molecule has 4 heteroatoms. The van der Waals surface area contributed by atoms with Gasteiger partial charge in [-0.1, -0.05) is 0 Å². The normalized spacial score (nSPS) is 11.0. The minimum Gasteiger partial charge on any atom is -0.256 e. The van der Waals surface area contributed by atoms with E-state index in [1.807, 2.05) is 0 Å². The number of carbonyl (C=O) groups is 1. The zero-order valence-electron chi connectivity index (χ0n) is 5.63. The second kappa shape index (κ2) is 2.68. The van der Waals surface area contributed by atoms with Crippen molar-refractivity contribution in [2.75, 3.05) is 0 Å². The fraction of sp³-hybridized carbons (Fsp3) is 0.800. The van der Waals surface area contributed by atoms with Gasteiger partial charge in [0.2, 0.25) is 0 Å². The molecule has 0 fully saturated rings. The van der Waals surface area contributed by atoms with Crippen molar-refractivity contribution in [3.8, 4) is 0 Å². The molecule has 0 saturated heterocycles. The van der Waals surface area contributed by atoms with Gasteiger partial charge in [0.1, 0.15) is 5.60 Å². The van der Waals surface area contributed by atoms with E-state index in [4.69, 9.17) is 0 Å². The summed E-state index contributed by atoms with van der Waals surface area (Å²) in [7, 11) is 0. The van der Waals surface area contributed by atoms with Gasteiger partial charge in [0.15, 0.2) is 0 Å². The van der Waals surface area contributed by atoms with E-state index in [1.165, 1.54) is 0 Å². The predicted octanol–water partition coefficient (Wildman–Crippen LogP) is 1.28. The maximum Gasteiger partial charge on any atom is 0.582 e. The van der Waals surface area contributed by atoms with Gasteiger partial charge in [0, 0.05) is 0 Å². The Morgan fingerprint density at radius 1 is 1.33 bits per heavy atom. The third-order valence-corrected chi connectivity index (χ3v) is 0.360. The summed E-state index contributed by atoms with van der Waals surface area (Å²) < 4.78 is 0. The van der Waals surface area contributed by atoms with E-state index in [-0.39, 0.29) is 0 Å². The Kier molecular flexibility index (Phi) is 2.45. The summed E-state index contributed by atoms with van der Waals surface area (Å²) in [5.41, 5.74) is -0.611. The summed E-state index contributed by atoms with van der Waals surface area (Å²) in [4.78, 5) is 17.6. The fourth-order valence-corrected chi connectivity index (χ4v) is 0.159. The van der Waals surface area contributed by atoms with E-state index in [2.05, 4.69) is 9.78 Å². The molecule has 0 unspecified atom stereocenters. The summed E-state index contributed by atoms with van der Waals surface area (Å²) in [6.45, 7) is 4.99. The van der Waals surface area contributed by atoms with Gasteiger partial charge in [-0.2, -0.15) is 14.8 Å². The Hall–Kier alpha value is -0.770. The van der Waals surface area contributed by atoms with E-state index in [9.17, 15) is 9.90 Å². The van der Waals surface area contributed by atoms with E-state index in [0.29, 0.717) is 0 Å². The number of hydrogen-bond acceptors (Lipinski definition) is 3. The predicted molar refractivity (Wildman–Crippen MR) is 28.0 cm³/mol. The van der Waals surface area contributed by atoms with Crippen molar-refractivity contribution in [3.63, 3.8) is 0 Å². The van der Waals surface area contributed by atoms with Crippen LogP contribution in [0, 0.1) is 0 Å². The average Bonchev–Trinajstić information content (AvgIpc) is 1.59. The molecule has 53 valence electrons. The van der Waals surface area contributed by atoms with Crippen molar-refractivity contribution >= 4 is 6.16 Å². The number of hydrogen-bond donors (Lipinski definition) is 0. The van der Waals surface area contributed by atoms with E-state index in [0.717, 1.165) is 0 Å². The van der Waals surface area contributed by atoms with Crippen molar-refractivity contribution in [2.24, 2.45) is 0 Å². The van der Waals surface area contributed by atoms with E-state index in [1.54, 1.807) is 20.8 Å². The van der Waals surface area contributed by atoms with Gasteiger partial charge in [-0.05, 0) is 20.8 Å². The first-order chi connectivity index (χ1) is 3.92. The van der Waals surface area contributed by atoms with Crippen molar-refractivity contribution in [1.29, 1.82) is 0 Å². The van der Waals surface area contributed by atoms with Gasteiger partial charge in [-0.3, -0.25) is 4.89 Å². The lowest BCUT2D eigenvalue weighted by Crippen LogP contribution is -2.20. The molecule has 0 N–H and O–H groups in total. The zero-order chi connectivity index (χ0) is 7.49. The van der Waals surface area contributed by atoms with Crippen LogP contribution in [0.2, 0.25) is 0 Å². The van der Waals surface area contributed by atoms with Crippen molar-refractivity contribution < 1.29 is 19.7 Å². The second-order valence-corrected chi connectivity index (χ2v) is 2.53. The molecule has 0 aliphatic rings. The molecule has 0 saturated carbocycles. The first-order valence-electron chi connectivity index (χ1n) is 2.48. The minimum atomic E-state index is -1.68. The van der Waals surface area contributed by atoms with Crippen LogP contribution >= 0.6 is 0 Å². The number of carbonyl (C=O) groups excluding carboxylic acids is 1. The molecular formula is C5H9O4. The van der Waals surface area contributed by atoms with Crippen LogP contribution in [0.15, 0.2) is 0 Å². The first-order valence-corrected chi connectivity index (χ1v) is 2.48. The van der Waals surface area contributed by atoms with Gasteiger partial charge in [0.05, 0.1) is 0 Å². The molecule has 0 rings (SSSR count). The maximum atomic E-state index is 9.59. The molecule has 0 atom stereocenters. The molecular weight excluding hydrogens is 124 g/mol. The monoisotopic (exact) mass is 133 g/mol. The molecule has 0 spiro atoms. The molecule has 0 aliphatic heterocycles. The van der Waals surface area contributed by atoms with Crippen LogP contribution in [-0.2, 0) is 14.9 Å². The Labute approximate surface area is 53.3 Å². The van der Waals surface area contributed by atoms with Crippen LogP contribution in [0.25, 0.3) is 0 Å². The van der Waals surface area contributed by atoms with E-state index >= 15 is 0 Å². The number of rotatable bonds is 1. The Bertz CT molecular complexity index is 102. The summed E-state index contributed by atoms with van der Waals surface area (Å²) in [5.74, 6) is 0. The standard InChI is InChI=1S/C5H9O4/c1-5(2,3)9-8-4(6)7/h1-3H3. The lowest BCUT2D eigenvalue weighted by atomic mass is 10.2. The quantitative estimate of drug-likeness (QED) is 0.400. The largest absolute Gasteiger partial charge is 0.582 e. The van der Waals surface area contributed by atoms with Crippen LogP contribution in [0.1, 0.15) is 20.8 Å². The third-order valence-electron chi connectivity index (χ3n) is 0.360. The summed E-state index contributed by atoms with van der Waals surface area (Å²) >= 11 is 0. The fourth-order valence-electron chi connectivity index (χ4n) is 0.159. The Morgan fingerprint density at radius 2 is 1.78 bits per heavy atom. The maximum absolute atomic E-state index is 9.59. The molecule has 0 heterocycles. The average molecular weight is 133 g/mol. The summed E-state index contributed by atoms with van der Waals surface area (Å²) in [6, 6.07) is 0. The minimum absolute atomic E-state index is 0.611. The Morgan fingerprint density at radius 3 is 1.89 bits per heavy atom. The van der Waals surface area contributed by atoms with E-state index < -0.39 is 11.8 Å². The van der Waals surface area contributed by atoms with Crippen LogP contribution < -0.4 is 0 Å². The molecule has 0 aliphatic carbocycles. The van der Waals surface area contributed by atoms with Gasteiger partial charge >= 0.3 is 6.16 Å². The highest BCUT2D eigenvalue weighted by Gasteiger charge is 2.14. The molecule has 0 aromatic heterocycles. The molecule has 0 bridgehead atoms. The summed E-state index contributed by atoms with van der Waals surface area (Å²) in [6.07, 6.45) is -1.68. The molecule has 0 aromatic carbocycles. The van der Waals surface area contributed by atoms with Gasteiger partial charge in [-0.15, -0.1) is 0 Å². The molecule has 9 heavy (non-hydrogen) atoms. The molecule has 0 aromatic rings. The van der Waals surface area contributed by atoms with Crippen molar-refractivity contribution in [2.45, 2.75) is 26.4 Å². The van der Waals surface area contributed by atoms with Gasteiger partial charge in [-0.25, -0.2) is 0 Å². The lowest BCUT2D eigenvalue weighted by molar-refractivity contribution is -0.312. The second-order valence-electron chi connectivity index (χ2n) is 2.53. The topological polar surface area (TPSA) is 55.4 Å². The van der Waals surface area contributed by atoms with Gasteiger partial charge in [0.25, 0.3) is 0 Å². The smallest absolute Gasteiger partial charge is 0.256 e.